The predicted molar refractivity (Wildman–Crippen MR) is 77.8 cm³/mol. The fourth-order valence-electron chi connectivity index (χ4n) is 2.58. The number of piperidine rings is 1. The first-order chi connectivity index (χ1) is 8.84. The van der Waals surface area contributed by atoms with Gasteiger partial charge >= 0.3 is 0 Å². The summed E-state index contributed by atoms with van der Waals surface area (Å²) in [6.07, 6.45) is 1.92. The van der Waals surface area contributed by atoms with Crippen molar-refractivity contribution in [2.24, 2.45) is 5.92 Å². The lowest BCUT2D eigenvalue weighted by molar-refractivity contribution is 0.288. The summed E-state index contributed by atoms with van der Waals surface area (Å²) in [7, 11) is -3.32. The van der Waals surface area contributed by atoms with Crippen molar-refractivity contribution in [1.82, 2.24) is 4.31 Å². The minimum Gasteiger partial charge on any atom is -0.207 e. The van der Waals surface area contributed by atoms with Crippen molar-refractivity contribution in [2.45, 2.75) is 45.4 Å². The molecule has 1 fully saturated rings. The number of aryl methyl sites for hydroxylation is 1. The minimum absolute atomic E-state index is 0.477. The first-order valence-corrected chi connectivity index (χ1v) is 8.35. The SMILES string of the molecule is Cc1ccc(S(=O)(=O)N2CCC(C)CC2)c(C)c1C. The van der Waals surface area contributed by atoms with Gasteiger partial charge in [0.2, 0.25) is 10.0 Å². The second-order valence-corrected chi connectivity index (χ2v) is 7.62. The number of benzene rings is 1. The Morgan fingerprint density at radius 2 is 1.63 bits per heavy atom. The second-order valence-electron chi connectivity index (χ2n) is 5.72. The van der Waals surface area contributed by atoms with Crippen LogP contribution in [0.5, 0.6) is 0 Å². The van der Waals surface area contributed by atoms with Gasteiger partial charge in [0.05, 0.1) is 4.90 Å². The lowest BCUT2D eigenvalue weighted by atomic mass is 10.0. The van der Waals surface area contributed by atoms with Crippen LogP contribution in [0.4, 0.5) is 0 Å². The van der Waals surface area contributed by atoms with Crippen LogP contribution in [-0.4, -0.2) is 25.8 Å². The van der Waals surface area contributed by atoms with Crippen LogP contribution >= 0.6 is 0 Å². The van der Waals surface area contributed by atoms with Crippen LogP contribution in [0.2, 0.25) is 0 Å². The van der Waals surface area contributed by atoms with Crippen LogP contribution < -0.4 is 0 Å². The first-order valence-electron chi connectivity index (χ1n) is 6.91. The van der Waals surface area contributed by atoms with Crippen molar-refractivity contribution in [2.75, 3.05) is 13.1 Å². The van der Waals surface area contributed by atoms with Crippen molar-refractivity contribution >= 4 is 10.0 Å². The molecule has 0 amide bonds. The molecule has 0 radical (unpaired) electrons. The van der Waals surface area contributed by atoms with E-state index in [9.17, 15) is 8.42 Å². The normalized spacial score (nSPS) is 18.7. The van der Waals surface area contributed by atoms with Crippen molar-refractivity contribution < 1.29 is 8.42 Å². The molecule has 2 rings (SSSR count). The van der Waals surface area contributed by atoms with Crippen LogP contribution in [0.3, 0.4) is 0 Å². The molecule has 4 heteroatoms. The standard InChI is InChI=1S/C15H23NO2S/c1-11-7-9-16(10-8-11)19(17,18)15-6-5-12(2)13(3)14(15)4/h5-6,11H,7-10H2,1-4H3. The average molecular weight is 281 g/mol. The van der Waals surface area contributed by atoms with Crippen molar-refractivity contribution in [3.8, 4) is 0 Å². The highest BCUT2D eigenvalue weighted by Gasteiger charge is 2.29. The highest BCUT2D eigenvalue weighted by molar-refractivity contribution is 7.89. The Balaban J connectivity index is 2.38. The summed E-state index contributed by atoms with van der Waals surface area (Å²) in [6, 6.07) is 3.66. The van der Waals surface area contributed by atoms with E-state index >= 15 is 0 Å². The maximum Gasteiger partial charge on any atom is 0.243 e. The Bertz CT molecular complexity index is 570. The fraction of sp³-hybridized carbons (Fsp3) is 0.600. The highest BCUT2D eigenvalue weighted by Crippen LogP contribution is 2.27. The molecule has 1 aromatic rings. The van der Waals surface area contributed by atoms with Crippen molar-refractivity contribution in [1.29, 1.82) is 0 Å². The summed E-state index contributed by atoms with van der Waals surface area (Å²) in [5, 5.41) is 0. The van der Waals surface area contributed by atoms with E-state index in [1.54, 1.807) is 10.4 Å². The quantitative estimate of drug-likeness (QED) is 0.835. The Kier molecular flexibility index (Phi) is 4.02. The summed E-state index contributed by atoms with van der Waals surface area (Å²) in [6.45, 7) is 9.39. The molecule has 3 nitrogen and oxygen atoms in total. The smallest absolute Gasteiger partial charge is 0.207 e. The van der Waals surface area contributed by atoms with E-state index in [1.165, 1.54) is 0 Å². The van der Waals surface area contributed by atoms with Crippen molar-refractivity contribution in [3.63, 3.8) is 0 Å². The maximum atomic E-state index is 12.7. The van der Waals surface area contributed by atoms with E-state index in [2.05, 4.69) is 6.92 Å². The Morgan fingerprint density at radius 3 is 2.21 bits per heavy atom. The van der Waals surface area contributed by atoms with Gasteiger partial charge < -0.3 is 0 Å². The van der Waals surface area contributed by atoms with Crippen LogP contribution in [0, 0.1) is 26.7 Å². The monoisotopic (exact) mass is 281 g/mol. The van der Waals surface area contributed by atoms with E-state index in [-0.39, 0.29) is 0 Å². The molecule has 0 N–H and O–H groups in total. The molecule has 0 aliphatic carbocycles. The van der Waals surface area contributed by atoms with Crippen molar-refractivity contribution in [3.05, 3.63) is 28.8 Å². The first kappa shape index (κ1) is 14.5. The summed E-state index contributed by atoms with van der Waals surface area (Å²) < 4.78 is 27.1. The molecule has 19 heavy (non-hydrogen) atoms. The lowest BCUT2D eigenvalue weighted by Gasteiger charge is -2.30. The third-order valence-electron chi connectivity index (χ3n) is 4.37. The van der Waals surface area contributed by atoms with Crippen LogP contribution in [-0.2, 0) is 10.0 Å². The van der Waals surface area contributed by atoms with Gasteiger partial charge in [0.15, 0.2) is 0 Å². The third-order valence-corrected chi connectivity index (χ3v) is 6.41. The second kappa shape index (κ2) is 5.25. The molecule has 0 saturated carbocycles. The predicted octanol–water partition coefficient (Wildman–Crippen LogP) is 3.03. The number of sulfonamides is 1. The lowest BCUT2D eigenvalue weighted by Crippen LogP contribution is -2.38. The van der Waals surface area contributed by atoms with Gasteiger partial charge in [-0.3, -0.25) is 0 Å². The number of hydrogen-bond acceptors (Lipinski definition) is 2. The summed E-state index contributed by atoms with van der Waals surface area (Å²) >= 11 is 0. The third kappa shape index (κ3) is 2.70. The van der Waals surface area contributed by atoms with Crippen LogP contribution in [0.25, 0.3) is 0 Å². The number of nitrogens with zero attached hydrogens (tertiary/aromatic N) is 1. The van der Waals surface area contributed by atoms with E-state index < -0.39 is 10.0 Å². The van der Waals surface area contributed by atoms with Gasteiger partial charge in [-0.05, 0) is 62.3 Å². The average Bonchev–Trinajstić information content (AvgIpc) is 2.36. The molecular formula is C15H23NO2S. The van der Waals surface area contributed by atoms with Gasteiger partial charge in [0.1, 0.15) is 0 Å². The molecule has 1 saturated heterocycles. The molecule has 1 aromatic carbocycles. The minimum atomic E-state index is -3.32. The Morgan fingerprint density at radius 1 is 1.05 bits per heavy atom. The van der Waals surface area contributed by atoms with Gasteiger partial charge in [0.25, 0.3) is 0 Å². The van der Waals surface area contributed by atoms with Gasteiger partial charge in [0, 0.05) is 13.1 Å². The number of hydrogen-bond donors (Lipinski definition) is 0. The molecular weight excluding hydrogens is 258 g/mol. The molecule has 1 aliphatic heterocycles. The summed E-state index contributed by atoms with van der Waals surface area (Å²) in [5.41, 5.74) is 3.11. The zero-order chi connectivity index (χ0) is 14.2. The Labute approximate surface area is 116 Å². The summed E-state index contributed by atoms with van der Waals surface area (Å²) in [5.74, 6) is 0.632. The van der Waals surface area contributed by atoms with Crippen LogP contribution in [0.15, 0.2) is 17.0 Å². The molecule has 0 unspecified atom stereocenters. The molecule has 1 aliphatic rings. The van der Waals surface area contributed by atoms with E-state index in [0.717, 1.165) is 29.5 Å². The molecule has 106 valence electrons. The highest BCUT2D eigenvalue weighted by atomic mass is 32.2. The van der Waals surface area contributed by atoms with Gasteiger partial charge in [-0.1, -0.05) is 13.0 Å². The zero-order valence-electron chi connectivity index (χ0n) is 12.2. The topological polar surface area (TPSA) is 37.4 Å². The Hall–Kier alpha value is -0.870. The maximum absolute atomic E-state index is 12.7. The molecule has 0 atom stereocenters. The summed E-state index contributed by atoms with van der Waals surface area (Å²) in [4.78, 5) is 0.477. The fourth-order valence-corrected chi connectivity index (χ4v) is 4.32. The van der Waals surface area contributed by atoms with Gasteiger partial charge in [-0.15, -0.1) is 0 Å². The van der Waals surface area contributed by atoms with Gasteiger partial charge in [-0.25, -0.2) is 8.42 Å². The largest absolute Gasteiger partial charge is 0.243 e. The molecule has 1 heterocycles. The zero-order valence-corrected chi connectivity index (χ0v) is 13.0. The van der Waals surface area contributed by atoms with E-state index in [4.69, 9.17) is 0 Å². The number of rotatable bonds is 2. The van der Waals surface area contributed by atoms with Crippen LogP contribution in [0.1, 0.15) is 36.5 Å². The molecule has 0 bridgehead atoms. The van der Waals surface area contributed by atoms with Gasteiger partial charge in [-0.2, -0.15) is 4.31 Å². The molecule has 0 spiro atoms. The van der Waals surface area contributed by atoms with E-state index in [0.29, 0.717) is 23.9 Å². The molecule has 0 aromatic heterocycles. The van der Waals surface area contributed by atoms with E-state index in [1.807, 2.05) is 26.8 Å².